The van der Waals surface area contributed by atoms with Crippen molar-refractivity contribution in [3.63, 3.8) is 0 Å². The quantitative estimate of drug-likeness (QED) is 0.620. The highest BCUT2D eigenvalue weighted by atomic mass is 16.2. The first-order valence-corrected chi connectivity index (χ1v) is 3.77. The molecule has 0 unspecified atom stereocenters. The van der Waals surface area contributed by atoms with Gasteiger partial charge in [-0.15, -0.1) is 0 Å². The molecule has 4 nitrogen and oxygen atoms in total. The average molecular weight is 164 g/mol. The molecule has 4 heteroatoms. The van der Waals surface area contributed by atoms with Gasteiger partial charge in [-0.25, -0.2) is 4.90 Å². The van der Waals surface area contributed by atoms with Crippen LogP contribution in [-0.2, 0) is 9.59 Å². The maximum Gasteiger partial charge on any atom is 0.234 e. The third-order valence-corrected chi connectivity index (χ3v) is 1.89. The molecule has 0 atom stereocenters. The Balaban J connectivity index is 2.34. The van der Waals surface area contributed by atoms with Gasteiger partial charge in [-0.05, 0) is 6.07 Å². The molecule has 1 aliphatic rings. The summed E-state index contributed by atoms with van der Waals surface area (Å²) in [5.74, 6) is -0.223. The van der Waals surface area contributed by atoms with Crippen molar-refractivity contribution in [1.29, 1.82) is 0 Å². The summed E-state index contributed by atoms with van der Waals surface area (Å²) in [4.78, 5) is 26.4. The van der Waals surface area contributed by atoms with Crippen LogP contribution in [0.4, 0.5) is 5.69 Å². The van der Waals surface area contributed by atoms with Gasteiger partial charge in [0.2, 0.25) is 11.8 Å². The molecule has 1 aromatic rings. The van der Waals surface area contributed by atoms with Crippen LogP contribution in [0.3, 0.4) is 0 Å². The number of anilines is 1. The molecule has 2 heterocycles. The number of H-pyrrole nitrogens is 1. The predicted octanol–water partition coefficient (Wildman–Crippen LogP) is 0.668. The predicted molar refractivity (Wildman–Crippen MR) is 42.5 cm³/mol. The number of hydrogen-bond acceptors (Lipinski definition) is 2. The van der Waals surface area contributed by atoms with Crippen molar-refractivity contribution in [1.82, 2.24) is 4.98 Å². The van der Waals surface area contributed by atoms with Gasteiger partial charge in [-0.3, -0.25) is 9.59 Å². The number of nitrogens with one attached hydrogen (secondary N) is 1. The van der Waals surface area contributed by atoms with Crippen LogP contribution in [0.2, 0.25) is 0 Å². The number of aromatic nitrogens is 1. The van der Waals surface area contributed by atoms with Crippen molar-refractivity contribution in [2.24, 2.45) is 0 Å². The Morgan fingerprint density at radius 1 is 1.25 bits per heavy atom. The largest absolute Gasteiger partial charge is 0.366 e. The second-order valence-corrected chi connectivity index (χ2v) is 2.69. The van der Waals surface area contributed by atoms with E-state index >= 15 is 0 Å². The molecule has 1 aromatic heterocycles. The molecule has 62 valence electrons. The molecular weight excluding hydrogens is 156 g/mol. The zero-order valence-corrected chi connectivity index (χ0v) is 6.41. The smallest absolute Gasteiger partial charge is 0.234 e. The van der Waals surface area contributed by atoms with Gasteiger partial charge in [-0.2, -0.15) is 0 Å². The summed E-state index contributed by atoms with van der Waals surface area (Å²) in [6.07, 6.45) is 4.00. The average Bonchev–Trinajstić information content (AvgIpc) is 2.61. The Labute approximate surface area is 69.2 Å². The molecule has 0 radical (unpaired) electrons. The molecule has 0 spiro atoms. The highest BCUT2D eigenvalue weighted by Gasteiger charge is 2.30. The maximum atomic E-state index is 11.2. The van der Waals surface area contributed by atoms with Crippen molar-refractivity contribution >= 4 is 17.5 Å². The van der Waals surface area contributed by atoms with Crippen LogP contribution in [0.1, 0.15) is 12.8 Å². The van der Waals surface area contributed by atoms with Gasteiger partial charge in [0.05, 0.1) is 5.69 Å². The molecular formula is C8H8N2O2. The van der Waals surface area contributed by atoms with Gasteiger partial charge in [-0.1, -0.05) is 0 Å². The zero-order valence-electron chi connectivity index (χ0n) is 6.41. The van der Waals surface area contributed by atoms with Crippen LogP contribution in [0, 0.1) is 0 Å². The molecule has 2 rings (SSSR count). The molecule has 1 fully saturated rings. The maximum absolute atomic E-state index is 11.2. The van der Waals surface area contributed by atoms with E-state index < -0.39 is 0 Å². The Morgan fingerprint density at radius 2 is 1.92 bits per heavy atom. The summed E-state index contributed by atoms with van der Waals surface area (Å²) < 4.78 is 0. The van der Waals surface area contributed by atoms with E-state index in [4.69, 9.17) is 0 Å². The van der Waals surface area contributed by atoms with Crippen LogP contribution in [0.5, 0.6) is 0 Å². The lowest BCUT2D eigenvalue weighted by Gasteiger charge is -2.09. The number of amides is 2. The fraction of sp³-hybridized carbons (Fsp3) is 0.250. The lowest BCUT2D eigenvalue weighted by atomic mass is 10.4. The summed E-state index contributed by atoms with van der Waals surface area (Å²) in [5, 5.41) is 0. The van der Waals surface area contributed by atoms with E-state index in [0.29, 0.717) is 18.5 Å². The van der Waals surface area contributed by atoms with Gasteiger partial charge in [0, 0.05) is 25.2 Å². The number of carbonyl (C=O) groups excluding carboxylic acids is 2. The summed E-state index contributed by atoms with van der Waals surface area (Å²) >= 11 is 0. The first-order valence-electron chi connectivity index (χ1n) is 3.77. The van der Waals surface area contributed by atoms with E-state index in [2.05, 4.69) is 4.98 Å². The van der Waals surface area contributed by atoms with Gasteiger partial charge < -0.3 is 4.98 Å². The Morgan fingerprint density at radius 3 is 2.42 bits per heavy atom. The number of nitrogens with zero attached hydrogens (tertiary/aromatic N) is 1. The monoisotopic (exact) mass is 164 g/mol. The zero-order chi connectivity index (χ0) is 8.55. The van der Waals surface area contributed by atoms with Gasteiger partial charge in [0.25, 0.3) is 0 Å². The fourth-order valence-corrected chi connectivity index (χ4v) is 1.32. The number of aromatic amines is 1. The SMILES string of the molecule is O=C1CCC(=O)N1c1cc[nH]c1. The highest BCUT2D eigenvalue weighted by molar-refractivity contribution is 6.19. The summed E-state index contributed by atoms with van der Waals surface area (Å²) in [7, 11) is 0. The summed E-state index contributed by atoms with van der Waals surface area (Å²) in [5.41, 5.74) is 0.641. The third kappa shape index (κ3) is 0.922. The Bertz CT molecular complexity index is 300. The Kier molecular flexibility index (Phi) is 1.46. The second-order valence-electron chi connectivity index (χ2n) is 2.69. The summed E-state index contributed by atoms with van der Waals surface area (Å²) in [6.45, 7) is 0. The van der Waals surface area contributed by atoms with Gasteiger partial charge >= 0.3 is 0 Å². The van der Waals surface area contributed by atoms with Crippen molar-refractivity contribution < 1.29 is 9.59 Å². The summed E-state index contributed by atoms with van der Waals surface area (Å²) in [6, 6.07) is 1.71. The number of hydrogen-bond donors (Lipinski definition) is 1. The van der Waals surface area contributed by atoms with E-state index in [1.54, 1.807) is 18.5 Å². The van der Waals surface area contributed by atoms with Crippen LogP contribution in [0.25, 0.3) is 0 Å². The van der Waals surface area contributed by atoms with E-state index in [1.807, 2.05) is 0 Å². The normalized spacial score (nSPS) is 17.5. The lowest BCUT2D eigenvalue weighted by Crippen LogP contribution is -2.27. The minimum atomic E-state index is -0.111. The molecule has 0 bridgehead atoms. The van der Waals surface area contributed by atoms with Crippen LogP contribution in [0.15, 0.2) is 18.5 Å². The van der Waals surface area contributed by atoms with Crippen LogP contribution >= 0.6 is 0 Å². The number of imide groups is 1. The molecule has 0 saturated carbocycles. The minimum Gasteiger partial charge on any atom is -0.366 e. The van der Waals surface area contributed by atoms with Crippen LogP contribution in [-0.4, -0.2) is 16.8 Å². The van der Waals surface area contributed by atoms with Gasteiger partial charge in [0.15, 0.2) is 0 Å². The fourth-order valence-electron chi connectivity index (χ4n) is 1.32. The van der Waals surface area contributed by atoms with E-state index in [0.717, 1.165) is 0 Å². The molecule has 1 N–H and O–H groups in total. The first kappa shape index (κ1) is 7.09. The highest BCUT2D eigenvalue weighted by Crippen LogP contribution is 2.20. The number of rotatable bonds is 1. The lowest BCUT2D eigenvalue weighted by molar-refractivity contribution is -0.121. The number of carbonyl (C=O) groups is 2. The Hall–Kier alpha value is -1.58. The third-order valence-electron chi connectivity index (χ3n) is 1.89. The molecule has 1 saturated heterocycles. The van der Waals surface area contributed by atoms with E-state index in [1.165, 1.54) is 4.90 Å². The topological polar surface area (TPSA) is 53.2 Å². The van der Waals surface area contributed by atoms with Crippen LogP contribution < -0.4 is 4.90 Å². The minimum absolute atomic E-state index is 0.111. The molecule has 0 aliphatic carbocycles. The van der Waals surface area contributed by atoms with E-state index in [-0.39, 0.29) is 11.8 Å². The van der Waals surface area contributed by atoms with Crippen molar-refractivity contribution in [3.8, 4) is 0 Å². The second kappa shape index (κ2) is 2.48. The molecule has 1 aliphatic heterocycles. The molecule has 12 heavy (non-hydrogen) atoms. The van der Waals surface area contributed by atoms with Gasteiger partial charge in [0.1, 0.15) is 0 Å². The van der Waals surface area contributed by atoms with Crippen molar-refractivity contribution in [3.05, 3.63) is 18.5 Å². The van der Waals surface area contributed by atoms with Crippen molar-refractivity contribution in [2.45, 2.75) is 12.8 Å². The first-order chi connectivity index (χ1) is 5.79. The van der Waals surface area contributed by atoms with Crippen molar-refractivity contribution in [2.75, 3.05) is 4.90 Å². The van der Waals surface area contributed by atoms with E-state index in [9.17, 15) is 9.59 Å². The standard InChI is InChI=1S/C8H8N2O2/c11-7-1-2-8(12)10(7)6-3-4-9-5-6/h3-5,9H,1-2H2. The molecule has 2 amide bonds. The molecule has 0 aromatic carbocycles.